The van der Waals surface area contributed by atoms with Gasteiger partial charge in [0.15, 0.2) is 0 Å². The molecule has 0 unspecified atom stereocenters. The number of aromatic amines is 2. The van der Waals surface area contributed by atoms with E-state index in [2.05, 4.69) is 41.2 Å². The third-order valence-electron chi connectivity index (χ3n) is 6.31. The van der Waals surface area contributed by atoms with Crippen LogP contribution in [0.3, 0.4) is 0 Å². The van der Waals surface area contributed by atoms with Crippen molar-refractivity contribution in [3.8, 4) is 22.8 Å². The Labute approximate surface area is 182 Å². The molecule has 5 aromatic rings. The summed E-state index contributed by atoms with van der Waals surface area (Å²) in [6.07, 6.45) is 5.95. The highest BCUT2D eigenvalue weighted by molar-refractivity contribution is 5.87. The van der Waals surface area contributed by atoms with Crippen LogP contribution in [0.2, 0.25) is 0 Å². The number of tetrazole rings is 1. The zero-order chi connectivity index (χ0) is 21.7. The van der Waals surface area contributed by atoms with E-state index in [1.54, 1.807) is 6.92 Å². The summed E-state index contributed by atoms with van der Waals surface area (Å²) in [5.74, 6) is 2.03. The summed E-state index contributed by atoms with van der Waals surface area (Å²) in [7, 11) is 0. The lowest BCUT2D eigenvalue weighted by Gasteiger charge is -2.25. The average molecular weight is 426 g/mol. The van der Waals surface area contributed by atoms with Crippen LogP contribution in [0.25, 0.3) is 44.7 Å². The van der Waals surface area contributed by atoms with Gasteiger partial charge in [-0.25, -0.2) is 9.97 Å². The Kier molecular flexibility index (Phi) is 4.34. The molecule has 1 saturated carbocycles. The average Bonchev–Trinajstić information content (AvgIpc) is 3.47. The third kappa shape index (κ3) is 3.08. The lowest BCUT2D eigenvalue weighted by atomic mass is 9.94. The molecular formula is C23H22N8O. The molecule has 1 fully saturated rings. The van der Waals surface area contributed by atoms with Gasteiger partial charge in [0.05, 0.1) is 21.9 Å². The monoisotopic (exact) mass is 426 g/mol. The summed E-state index contributed by atoms with van der Waals surface area (Å²) in [5, 5.41) is 14.9. The Morgan fingerprint density at radius 2 is 1.81 bits per heavy atom. The van der Waals surface area contributed by atoms with Crippen molar-refractivity contribution in [1.82, 2.24) is 40.1 Å². The molecular weight excluding hydrogens is 404 g/mol. The number of aromatic nitrogens is 8. The Hall–Kier alpha value is -3.88. The fraction of sp³-hybridized carbons (Fsp3) is 0.304. The summed E-state index contributed by atoms with van der Waals surface area (Å²) in [6.45, 7) is 1.79. The number of hydrogen-bond donors (Lipinski definition) is 2. The van der Waals surface area contributed by atoms with Crippen molar-refractivity contribution >= 4 is 21.9 Å². The van der Waals surface area contributed by atoms with Crippen molar-refractivity contribution in [1.29, 1.82) is 0 Å². The normalized spacial score (nSPS) is 15.0. The topological polar surface area (TPSA) is 118 Å². The second-order valence-electron chi connectivity index (χ2n) is 8.42. The van der Waals surface area contributed by atoms with Crippen LogP contribution in [0.1, 0.15) is 44.0 Å². The molecule has 0 saturated heterocycles. The van der Waals surface area contributed by atoms with Gasteiger partial charge in [-0.3, -0.25) is 4.79 Å². The van der Waals surface area contributed by atoms with E-state index in [0.29, 0.717) is 28.6 Å². The fourth-order valence-electron chi connectivity index (χ4n) is 4.83. The number of imidazole rings is 1. The van der Waals surface area contributed by atoms with Crippen LogP contribution < -0.4 is 5.56 Å². The lowest BCUT2D eigenvalue weighted by Crippen LogP contribution is -2.14. The highest BCUT2D eigenvalue weighted by Gasteiger charge is 2.23. The van der Waals surface area contributed by atoms with Crippen molar-refractivity contribution in [3.05, 3.63) is 52.6 Å². The maximum atomic E-state index is 12.6. The van der Waals surface area contributed by atoms with Crippen molar-refractivity contribution in [2.45, 2.75) is 45.1 Å². The lowest BCUT2D eigenvalue weighted by molar-refractivity contribution is 0.362. The molecule has 0 radical (unpaired) electrons. The number of H-pyrrole nitrogens is 2. The van der Waals surface area contributed by atoms with Gasteiger partial charge in [-0.1, -0.05) is 19.3 Å². The van der Waals surface area contributed by atoms with Crippen LogP contribution in [-0.2, 0) is 0 Å². The number of nitrogens with zero attached hydrogens (tertiary/aromatic N) is 6. The Morgan fingerprint density at radius 3 is 2.62 bits per heavy atom. The molecule has 2 aromatic carbocycles. The Bertz CT molecular complexity index is 1490. The second-order valence-corrected chi connectivity index (χ2v) is 8.42. The van der Waals surface area contributed by atoms with Crippen LogP contribution in [0.4, 0.5) is 0 Å². The van der Waals surface area contributed by atoms with E-state index >= 15 is 0 Å². The Balaban J connectivity index is 1.57. The SMILES string of the molecule is Cc1nc2ccc(-c3nc4cc(-c5nn[nH]n5)ccc4n3C3CCCCC3)cc2c(=O)[nH]1. The molecule has 6 rings (SSSR count). The van der Waals surface area contributed by atoms with Crippen LogP contribution in [0, 0.1) is 6.92 Å². The van der Waals surface area contributed by atoms with Gasteiger partial charge in [0, 0.05) is 17.2 Å². The van der Waals surface area contributed by atoms with E-state index in [4.69, 9.17) is 4.98 Å². The molecule has 0 aliphatic heterocycles. The molecule has 3 heterocycles. The number of benzene rings is 2. The molecule has 0 bridgehead atoms. The van der Waals surface area contributed by atoms with Crippen LogP contribution in [-0.4, -0.2) is 40.1 Å². The quantitative estimate of drug-likeness (QED) is 0.451. The molecule has 32 heavy (non-hydrogen) atoms. The molecule has 0 atom stereocenters. The van der Waals surface area contributed by atoms with E-state index in [1.807, 2.05) is 30.3 Å². The maximum absolute atomic E-state index is 12.6. The number of hydrogen-bond acceptors (Lipinski definition) is 6. The molecule has 160 valence electrons. The van der Waals surface area contributed by atoms with Crippen LogP contribution in [0.15, 0.2) is 41.2 Å². The van der Waals surface area contributed by atoms with E-state index in [9.17, 15) is 4.79 Å². The summed E-state index contributed by atoms with van der Waals surface area (Å²) in [4.78, 5) is 24.9. The minimum Gasteiger partial charge on any atom is -0.321 e. The number of rotatable bonds is 3. The van der Waals surface area contributed by atoms with E-state index in [1.165, 1.54) is 19.3 Å². The number of fused-ring (bicyclic) bond motifs is 2. The first-order chi connectivity index (χ1) is 15.7. The van der Waals surface area contributed by atoms with E-state index < -0.39 is 0 Å². The van der Waals surface area contributed by atoms with Crippen molar-refractivity contribution < 1.29 is 0 Å². The van der Waals surface area contributed by atoms with Gasteiger partial charge in [-0.15, -0.1) is 10.2 Å². The second kappa shape index (κ2) is 7.37. The first kappa shape index (κ1) is 18.9. The molecule has 0 amide bonds. The molecule has 1 aliphatic carbocycles. The van der Waals surface area contributed by atoms with Gasteiger partial charge >= 0.3 is 0 Å². The highest BCUT2D eigenvalue weighted by Crippen LogP contribution is 2.37. The first-order valence-electron chi connectivity index (χ1n) is 10.9. The molecule has 1 aliphatic rings. The zero-order valence-corrected chi connectivity index (χ0v) is 17.7. The van der Waals surface area contributed by atoms with Crippen molar-refractivity contribution in [2.24, 2.45) is 0 Å². The van der Waals surface area contributed by atoms with Crippen LogP contribution in [0.5, 0.6) is 0 Å². The summed E-state index contributed by atoms with van der Waals surface area (Å²) in [5.41, 5.74) is 4.29. The largest absolute Gasteiger partial charge is 0.321 e. The van der Waals surface area contributed by atoms with E-state index in [0.717, 1.165) is 40.8 Å². The predicted molar refractivity (Wildman–Crippen MR) is 121 cm³/mol. The summed E-state index contributed by atoms with van der Waals surface area (Å²) < 4.78 is 2.35. The standard InChI is InChI=1S/C23H22N8O/c1-13-24-18-9-7-15(11-17(18)23(32)25-13)22-26-19-12-14(21-27-29-30-28-21)8-10-20(19)31(22)16-5-3-2-4-6-16/h7-12,16H,2-6H2,1H3,(H,24,25,32)(H,27,28,29,30). The van der Waals surface area contributed by atoms with Gasteiger partial charge in [-0.05, 0) is 61.4 Å². The molecule has 9 heteroatoms. The van der Waals surface area contributed by atoms with Gasteiger partial charge in [0.25, 0.3) is 5.56 Å². The smallest absolute Gasteiger partial charge is 0.258 e. The zero-order valence-electron chi connectivity index (χ0n) is 17.7. The number of nitrogens with one attached hydrogen (secondary N) is 2. The van der Waals surface area contributed by atoms with Crippen molar-refractivity contribution in [3.63, 3.8) is 0 Å². The molecule has 3 aromatic heterocycles. The minimum atomic E-state index is -0.130. The van der Waals surface area contributed by atoms with Gasteiger partial charge in [-0.2, -0.15) is 5.21 Å². The third-order valence-corrected chi connectivity index (χ3v) is 6.31. The van der Waals surface area contributed by atoms with Crippen molar-refractivity contribution in [2.75, 3.05) is 0 Å². The Morgan fingerprint density at radius 1 is 0.969 bits per heavy atom. The van der Waals surface area contributed by atoms with Gasteiger partial charge in [0.1, 0.15) is 11.6 Å². The van der Waals surface area contributed by atoms with Gasteiger partial charge < -0.3 is 9.55 Å². The summed E-state index contributed by atoms with van der Waals surface area (Å²) >= 11 is 0. The molecule has 9 nitrogen and oxygen atoms in total. The first-order valence-corrected chi connectivity index (χ1v) is 10.9. The number of aryl methyl sites for hydroxylation is 1. The molecule has 0 spiro atoms. The minimum absolute atomic E-state index is 0.130. The highest BCUT2D eigenvalue weighted by atomic mass is 16.1. The maximum Gasteiger partial charge on any atom is 0.258 e. The van der Waals surface area contributed by atoms with Crippen LogP contribution >= 0.6 is 0 Å². The van der Waals surface area contributed by atoms with Gasteiger partial charge in [0.2, 0.25) is 5.82 Å². The molecule has 2 N–H and O–H groups in total. The summed E-state index contributed by atoms with van der Waals surface area (Å²) in [6, 6.07) is 12.3. The fourth-order valence-corrected chi connectivity index (χ4v) is 4.83. The predicted octanol–water partition coefficient (Wildman–Crippen LogP) is 3.93. The van der Waals surface area contributed by atoms with E-state index in [-0.39, 0.29) is 5.56 Å².